The molecule has 2 heterocycles. The summed E-state index contributed by atoms with van der Waals surface area (Å²) in [4.78, 5) is 20.3. The average Bonchev–Trinajstić information content (AvgIpc) is 3.06. The summed E-state index contributed by atoms with van der Waals surface area (Å²) >= 11 is 0. The maximum absolute atomic E-state index is 12.1. The Hall–Kier alpha value is -2.08. The van der Waals surface area contributed by atoms with Crippen molar-refractivity contribution in [2.75, 3.05) is 32.4 Å². The van der Waals surface area contributed by atoms with E-state index < -0.39 is 0 Å². The number of carbonyl (C=O) groups is 1. The van der Waals surface area contributed by atoms with Crippen molar-refractivity contribution >= 4 is 22.7 Å². The second-order valence-electron chi connectivity index (χ2n) is 5.59. The second kappa shape index (κ2) is 5.73. The van der Waals surface area contributed by atoms with Gasteiger partial charge in [-0.3, -0.25) is 9.69 Å². The van der Waals surface area contributed by atoms with E-state index in [1.165, 1.54) is 0 Å². The first-order valence-electron chi connectivity index (χ1n) is 7.23. The van der Waals surface area contributed by atoms with Crippen molar-refractivity contribution in [3.05, 3.63) is 24.1 Å². The van der Waals surface area contributed by atoms with Gasteiger partial charge in [-0.15, -0.1) is 0 Å². The first kappa shape index (κ1) is 13.9. The maximum Gasteiger partial charge on any atom is 0.236 e. The summed E-state index contributed by atoms with van der Waals surface area (Å²) in [5.41, 5.74) is 7.87. The lowest BCUT2D eigenvalue weighted by molar-refractivity contribution is -0.131. The maximum atomic E-state index is 12.1. The van der Waals surface area contributed by atoms with Crippen LogP contribution in [-0.2, 0) is 11.3 Å². The summed E-state index contributed by atoms with van der Waals surface area (Å²) in [7, 11) is 1.90. The molecule has 1 aromatic heterocycles. The average molecular weight is 288 g/mol. The minimum atomic E-state index is 0.176. The number of likely N-dealkylation sites (N-methyl/N-ethyl adjacent to an activating group) is 1. The Bertz CT molecular complexity index is 646. The van der Waals surface area contributed by atoms with Crippen LogP contribution in [0.2, 0.25) is 0 Å². The minimum absolute atomic E-state index is 0.176. The van der Waals surface area contributed by atoms with Crippen LogP contribution < -0.4 is 5.73 Å². The summed E-state index contributed by atoms with van der Waals surface area (Å²) in [6.07, 6.45) is 2.23. The number of oxazole rings is 1. The molecule has 0 radical (unpaired) electrons. The predicted molar refractivity (Wildman–Crippen MR) is 80.6 cm³/mol. The molecule has 6 heteroatoms. The first-order valence-corrected chi connectivity index (χ1v) is 7.23. The third-order valence-electron chi connectivity index (χ3n) is 3.73. The van der Waals surface area contributed by atoms with Crippen molar-refractivity contribution in [2.45, 2.75) is 19.4 Å². The van der Waals surface area contributed by atoms with E-state index in [9.17, 15) is 4.79 Å². The number of carbonyl (C=O) groups excluding carboxylic acids is 1. The number of rotatable bonds is 4. The van der Waals surface area contributed by atoms with E-state index in [0.29, 0.717) is 24.7 Å². The standard InChI is InChI=1S/C15H20N4O2/c1-18(10-15(20)19-6-2-3-7-19)9-14-17-12-8-11(16)4-5-13(12)21-14/h4-5,8H,2-3,6-7,9-10,16H2,1H3. The number of nitrogens with zero attached hydrogens (tertiary/aromatic N) is 3. The smallest absolute Gasteiger partial charge is 0.236 e. The molecule has 21 heavy (non-hydrogen) atoms. The van der Waals surface area contributed by atoms with E-state index in [2.05, 4.69) is 4.98 Å². The molecule has 3 rings (SSSR count). The van der Waals surface area contributed by atoms with Crippen molar-refractivity contribution in [1.29, 1.82) is 0 Å². The molecule has 1 fully saturated rings. The highest BCUT2D eigenvalue weighted by Crippen LogP contribution is 2.19. The molecular weight excluding hydrogens is 268 g/mol. The van der Waals surface area contributed by atoms with Crippen LogP contribution in [0.4, 0.5) is 5.69 Å². The Morgan fingerprint density at radius 1 is 1.43 bits per heavy atom. The van der Waals surface area contributed by atoms with Gasteiger partial charge in [0.15, 0.2) is 5.58 Å². The number of amides is 1. The molecule has 0 atom stereocenters. The van der Waals surface area contributed by atoms with Gasteiger partial charge in [0.05, 0.1) is 13.1 Å². The largest absolute Gasteiger partial charge is 0.439 e. The molecule has 0 spiro atoms. The highest BCUT2D eigenvalue weighted by Gasteiger charge is 2.19. The number of benzene rings is 1. The van der Waals surface area contributed by atoms with Crippen LogP contribution in [-0.4, -0.2) is 47.4 Å². The van der Waals surface area contributed by atoms with Crippen molar-refractivity contribution in [2.24, 2.45) is 0 Å². The third kappa shape index (κ3) is 3.16. The van der Waals surface area contributed by atoms with Crippen LogP contribution in [0.3, 0.4) is 0 Å². The number of likely N-dealkylation sites (tertiary alicyclic amines) is 1. The highest BCUT2D eigenvalue weighted by molar-refractivity contribution is 5.78. The second-order valence-corrected chi connectivity index (χ2v) is 5.59. The van der Waals surface area contributed by atoms with E-state index in [4.69, 9.17) is 10.2 Å². The van der Waals surface area contributed by atoms with Gasteiger partial charge in [0.1, 0.15) is 5.52 Å². The molecular formula is C15H20N4O2. The van der Waals surface area contributed by atoms with Gasteiger partial charge in [-0.2, -0.15) is 0 Å². The van der Waals surface area contributed by atoms with Crippen LogP contribution in [0.25, 0.3) is 11.1 Å². The Morgan fingerprint density at radius 3 is 2.95 bits per heavy atom. The number of anilines is 1. The molecule has 0 bridgehead atoms. The Balaban J connectivity index is 1.62. The molecule has 0 saturated carbocycles. The number of nitrogens with two attached hydrogens (primary N) is 1. The highest BCUT2D eigenvalue weighted by atomic mass is 16.3. The molecule has 1 aliphatic rings. The van der Waals surface area contributed by atoms with Gasteiger partial charge in [-0.25, -0.2) is 4.98 Å². The van der Waals surface area contributed by atoms with Crippen molar-refractivity contribution in [3.63, 3.8) is 0 Å². The van der Waals surface area contributed by atoms with Crippen molar-refractivity contribution < 1.29 is 9.21 Å². The number of nitrogen functional groups attached to an aromatic ring is 1. The zero-order valence-corrected chi connectivity index (χ0v) is 12.2. The topological polar surface area (TPSA) is 75.6 Å². The Labute approximate surface area is 123 Å². The lowest BCUT2D eigenvalue weighted by atomic mass is 10.3. The van der Waals surface area contributed by atoms with E-state index in [0.717, 1.165) is 37.0 Å². The van der Waals surface area contributed by atoms with Gasteiger partial charge in [-0.1, -0.05) is 0 Å². The van der Waals surface area contributed by atoms with Crippen molar-refractivity contribution in [1.82, 2.24) is 14.8 Å². The van der Waals surface area contributed by atoms with Gasteiger partial charge in [-0.05, 0) is 38.1 Å². The van der Waals surface area contributed by atoms with Gasteiger partial charge in [0.2, 0.25) is 11.8 Å². The summed E-state index contributed by atoms with van der Waals surface area (Å²) in [5.74, 6) is 0.780. The lowest BCUT2D eigenvalue weighted by Crippen LogP contribution is -2.37. The van der Waals surface area contributed by atoms with Crippen molar-refractivity contribution in [3.8, 4) is 0 Å². The molecule has 2 aromatic rings. The van der Waals surface area contributed by atoms with Gasteiger partial charge >= 0.3 is 0 Å². The zero-order chi connectivity index (χ0) is 14.8. The Morgan fingerprint density at radius 2 is 2.19 bits per heavy atom. The predicted octanol–water partition coefficient (Wildman–Crippen LogP) is 1.46. The summed E-state index contributed by atoms with van der Waals surface area (Å²) in [6.45, 7) is 2.67. The molecule has 1 amide bonds. The zero-order valence-electron chi connectivity index (χ0n) is 12.2. The number of fused-ring (bicyclic) bond motifs is 1. The molecule has 6 nitrogen and oxygen atoms in total. The summed E-state index contributed by atoms with van der Waals surface area (Å²) < 4.78 is 5.67. The fourth-order valence-corrected chi connectivity index (χ4v) is 2.64. The number of hydrogen-bond donors (Lipinski definition) is 1. The first-order chi connectivity index (χ1) is 10.1. The van der Waals surface area contributed by atoms with Gasteiger partial charge < -0.3 is 15.1 Å². The molecule has 0 unspecified atom stereocenters. The van der Waals surface area contributed by atoms with E-state index in [1.54, 1.807) is 12.1 Å². The molecule has 0 aliphatic carbocycles. The molecule has 1 aromatic carbocycles. The van der Waals surface area contributed by atoms with Crippen LogP contribution in [0.15, 0.2) is 22.6 Å². The number of hydrogen-bond acceptors (Lipinski definition) is 5. The van der Waals surface area contributed by atoms with Crippen LogP contribution in [0.1, 0.15) is 18.7 Å². The fourth-order valence-electron chi connectivity index (χ4n) is 2.64. The Kier molecular flexibility index (Phi) is 3.79. The molecule has 1 aliphatic heterocycles. The van der Waals surface area contributed by atoms with Crippen LogP contribution in [0, 0.1) is 0 Å². The third-order valence-corrected chi connectivity index (χ3v) is 3.73. The lowest BCUT2D eigenvalue weighted by Gasteiger charge is -2.19. The van der Waals surface area contributed by atoms with E-state index in [-0.39, 0.29) is 5.91 Å². The van der Waals surface area contributed by atoms with Crippen LogP contribution in [0.5, 0.6) is 0 Å². The van der Waals surface area contributed by atoms with Crippen LogP contribution >= 0.6 is 0 Å². The fraction of sp³-hybridized carbons (Fsp3) is 0.467. The minimum Gasteiger partial charge on any atom is -0.439 e. The SMILES string of the molecule is CN(CC(=O)N1CCCC1)Cc1nc2cc(N)ccc2o1. The number of aromatic nitrogens is 1. The quantitative estimate of drug-likeness (QED) is 0.862. The van der Waals surface area contributed by atoms with Gasteiger partial charge in [0.25, 0.3) is 0 Å². The summed E-state index contributed by atoms with van der Waals surface area (Å²) in [6, 6.07) is 5.40. The monoisotopic (exact) mass is 288 g/mol. The van der Waals surface area contributed by atoms with E-state index >= 15 is 0 Å². The molecule has 112 valence electrons. The molecule has 1 saturated heterocycles. The summed E-state index contributed by atoms with van der Waals surface area (Å²) in [5, 5.41) is 0. The molecule has 2 N–H and O–H groups in total. The van der Waals surface area contributed by atoms with Gasteiger partial charge in [0, 0.05) is 18.8 Å². The van der Waals surface area contributed by atoms with E-state index in [1.807, 2.05) is 22.9 Å². The normalized spacial score (nSPS) is 15.2.